The maximum atomic E-state index is 13.4. The van der Waals surface area contributed by atoms with Crippen LogP contribution in [-0.2, 0) is 32.6 Å². The van der Waals surface area contributed by atoms with Crippen LogP contribution in [0.3, 0.4) is 0 Å². The van der Waals surface area contributed by atoms with Gasteiger partial charge < -0.3 is 9.11 Å². The Morgan fingerprint density at radius 2 is 0.919 bits per heavy atom. The molecule has 0 aliphatic heterocycles. The zero-order valence-corrected chi connectivity index (χ0v) is 25.4. The Labute approximate surface area is 253 Å². The van der Waals surface area contributed by atoms with Crippen molar-refractivity contribution < 1.29 is 111 Å². The van der Waals surface area contributed by atoms with Gasteiger partial charge in [-0.3, -0.25) is 0 Å². The van der Waals surface area contributed by atoms with Gasteiger partial charge in [0.25, 0.3) is 0 Å². The van der Waals surface area contributed by atoms with Crippen molar-refractivity contribution in [2.75, 3.05) is 0 Å². The Hall–Kier alpha value is -0.510. The van der Waals surface area contributed by atoms with E-state index in [2.05, 4.69) is 0 Å². The fraction of sp³-hybridized carbons (Fsp3) is 0.100. The molecule has 0 bridgehead atoms. The van der Waals surface area contributed by atoms with E-state index in [0.29, 0.717) is 12.1 Å². The van der Waals surface area contributed by atoms with E-state index in [0.717, 1.165) is 48.5 Å². The van der Waals surface area contributed by atoms with Crippen molar-refractivity contribution in [3.05, 3.63) is 77.9 Å². The van der Waals surface area contributed by atoms with Crippen LogP contribution in [0, 0.1) is 0 Å². The van der Waals surface area contributed by atoms with E-state index in [1.165, 1.54) is 0 Å². The molecule has 3 aromatic carbocycles. The molecular weight excluding hydrogens is 591 g/mol. The van der Waals surface area contributed by atoms with Crippen molar-refractivity contribution in [3.8, 4) is 0 Å². The Morgan fingerprint density at radius 3 is 1.22 bits per heavy atom. The second kappa shape index (κ2) is 12.3. The number of hydrogen-bond acceptors (Lipinski definition) is 6. The molecule has 0 radical (unpaired) electrons. The van der Waals surface area contributed by atoms with E-state index in [-0.39, 0.29) is 75.8 Å². The molecule has 0 fully saturated rings. The summed E-state index contributed by atoms with van der Waals surface area (Å²) >= 11 is 0. The van der Waals surface area contributed by atoms with Crippen LogP contribution >= 0.6 is 7.92 Å². The van der Waals surface area contributed by atoms with Crippen LogP contribution in [0.2, 0.25) is 0 Å². The van der Waals surface area contributed by atoms with Crippen molar-refractivity contribution in [2.45, 2.75) is 22.1 Å². The van der Waals surface area contributed by atoms with Gasteiger partial charge in [0.2, 0.25) is 0 Å². The molecule has 0 atom stereocenters. The minimum atomic E-state index is -5.20. The van der Waals surface area contributed by atoms with Crippen molar-refractivity contribution in [1.82, 2.24) is 0 Å². The smallest absolute Gasteiger partial charge is 0.744 e. The minimum Gasteiger partial charge on any atom is -0.744 e. The van der Waals surface area contributed by atoms with Crippen molar-refractivity contribution in [2.24, 2.45) is 0 Å². The summed E-state index contributed by atoms with van der Waals surface area (Å²) < 4.78 is 149. The van der Waals surface area contributed by atoms with E-state index < -0.39 is 66.7 Å². The van der Waals surface area contributed by atoms with Gasteiger partial charge in [-0.05, 0) is 66.3 Å². The van der Waals surface area contributed by atoms with Crippen molar-refractivity contribution in [3.63, 3.8) is 0 Å². The summed E-state index contributed by atoms with van der Waals surface area (Å²) in [7, 11) is -12.6. The summed E-state index contributed by atoms with van der Waals surface area (Å²) in [6.45, 7) is 0. The Kier molecular flexibility index (Phi) is 11.5. The average Bonchev–Trinajstić information content (AvgIpc) is 2.72. The number of hydrogen-bond donors (Lipinski definition) is 0. The molecule has 17 heteroatoms. The van der Waals surface area contributed by atoms with Crippen LogP contribution in [0.4, 0.5) is 26.3 Å². The number of rotatable bonds is 5. The average molecular weight is 602 g/mol. The molecule has 0 N–H and O–H groups in total. The first-order valence-electron chi connectivity index (χ1n) is 9.09. The molecule has 6 nitrogen and oxygen atoms in total. The van der Waals surface area contributed by atoms with Gasteiger partial charge >= 0.3 is 71.5 Å². The fourth-order valence-corrected chi connectivity index (χ4v) is 6.72. The second-order valence-corrected chi connectivity index (χ2v) is 12.0. The van der Waals surface area contributed by atoms with Crippen LogP contribution < -0.4 is 75.0 Å². The van der Waals surface area contributed by atoms with Crippen LogP contribution in [0.1, 0.15) is 11.1 Å². The third kappa shape index (κ3) is 8.74. The van der Waals surface area contributed by atoms with Gasteiger partial charge in [-0.2, -0.15) is 26.3 Å². The normalized spacial score (nSPS) is 12.6. The first kappa shape index (κ1) is 34.5. The Balaban J connectivity index is 0.00000342. The predicted molar refractivity (Wildman–Crippen MR) is 111 cm³/mol. The van der Waals surface area contributed by atoms with Gasteiger partial charge in [-0.25, -0.2) is 16.8 Å². The van der Waals surface area contributed by atoms with Gasteiger partial charge in [0.05, 0.1) is 20.9 Å². The molecule has 0 heterocycles. The first-order valence-corrected chi connectivity index (χ1v) is 13.2. The van der Waals surface area contributed by atoms with Crippen LogP contribution in [-0.4, -0.2) is 25.9 Å². The summed E-state index contributed by atoms with van der Waals surface area (Å²) in [5.41, 5.74) is -3.31. The van der Waals surface area contributed by atoms with Gasteiger partial charge in [-0.15, -0.1) is 0 Å². The molecule has 0 aliphatic rings. The zero-order chi connectivity index (χ0) is 26.4. The van der Waals surface area contributed by atoms with Crippen molar-refractivity contribution >= 4 is 44.1 Å². The largest absolute Gasteiger partial charge is 1.00 e. The van der Waals surface area contributed by atoms with Gasteiger partial charge in [0, 0.05) is 0 Å². The standard InChI is InChI=1S/C20H13F6O6PS2.2Na/c21-19(22,23)12-7-13(20(24,25)26)9-16(8-12)33(14-3-1-5-17(10-14)34(27,28)29)15-4-2-6-18(11-15)35(30,31)32;;/h1-11H,(H,27,28,29)(H,30,31,32);;/q;2*+1/p-2. The maximum Gasteiger partial charge on any atom is 1.00 e. The molecule has 3 rings (SSSR count). The SMILES string of the molecule is O=S(=O)([O-])c1cccc(P(c2cc(C(F)(F)F)cc(C(F)(F)F)c2)c2cccc(S(=O)(=O)[O-])c2)c1.[Na+].[Na+]. The van der Waals surface area contributed by atoms with E-state index in [1.807, 2.05) is 0 Å². The monoisotopic (exact) mass is 602 g/mol. The number of alkyl halides is 6. The van der Waals surface area contributed by atoms with Gasteiger partial charge in [0.1, 0.15) is 20.2 Å². The van der Waals surface area contributed by atoms with E-state index in [1.54, 1.807) is 0 Å². The molecule has 0 aromatic heterocycles. The van der Waals surface area contributed by atoms with E-state index in [4.69, 9.17) is 0 Å². The van der Waals surface area contributed by atoms with Crippen LogP contribution in [0.15, 0.2) is 76.5 Å². The Morgan fingerprint density at radius 1 is 0.568 bits per heavy atom. The van der Waals surface area contributed by atoms with Crippen LogP contribution in [0.25, 0.3) is 0 Å². The molecule has 0 unspecified atom stereocenters. The summed E-state index contributed by atoms with van der Waals surface area (Å²) in [5, 5.41) is -0.933. The topological polar surface area (TPSA) is 114 Å². The summed E-state index contributed by atoms with van der Waals surface area (Å²) in [5.74, 6) is 0. The summed E-state index contributed by atoms with van der Waals surface area (Å²) in [6, 6.07) is 8.47. The summed E-state index contributed by atoms with van der Waals surface area (Å²) in [6.07, 6.45) is -10.4. The minimum absolute atomic E-state index is 0. The van der Waals surface area contributed by atoms with E-state index >= 15 is 0 Å². The third-order valence-corrected chi connectivity index (χ3v) is 8.59. The molecule has 0 aliphatic carbocycles. The van der Waals surface area contributed by atoms with E-state index in [9.17, 15) is 52.3 Å². The molecular formula is C20H11F6Na2O6PS2. The Bertz CT molecular complexity index is 1390. The molecule has 37 heavy (non-hydrogen) atoms. The number of benzene rings is 3. The number of halogens is 6. The van der Waals surface area contributed by atoms with Crippen LogP contribution in [0.5, 0.6) is 0 Å². The third-order valence-electron chi connectivity index (χ3n) is 4.56. The van der Waals surface area contributed by atoms with Gasteiger partial charge in [-0.1, -0.05) is 24.3 Å². The summed E-state index contributed by atoms with van der Waals surface area (Å²) in [4.78, 5) is -1.61. The molecule has 0 spiro atoms. The second-order valence-electron chi connectivity index (χ2n) is 7.00. The molecule has 0 saturated heterocycles. The van der Waals surface area contributed by atoms with Crippen molar-refractivity contribution in [1.29, 1.82) is 0 Å². The quantitative estimate of drug-likeness (QED) is 0.136. The molecule has 188 valence electrons. The maximum absolute atomic E-state index is 13.4. The fourth-order valence-electron chi connectivity index (χ4n) is 3.07. The first-order chi connectivity index (χ1) is 15.9. The molecule has 3 aromatic rings. The molecule has 0 amide bonds. The molecule has 0 saturated carbocycles. The van der Waals surface area contributed by atoms with Gasteiger partial charge in [0.15, 0.2) is 0 Å². The zero-order valence-electron chi connectivity index (χ0n) is 18.8. The predicted octanol–water partition coefficient (Wildman–Crippen LogP) is -2.70.